The van der Waals surface area contributed by atoms with Crippen molar-refractivity contribution in [1.29, 1.82) is 0 Å². The standard InChI is InChI=1S/C17H26O3S/c1-3-5-6-10-14-17(15-18,13-4-2)21(19,20)16-11-8-7-9-12-16/h4,7-9,11-12,18H,2-3,5-6,10,13-15H2,1H3. The van der Waals surface area contributed by atoms with Gasteiger partial charge in [-0.2, -0.15) is 0 Å². The van der Waals surface area contributed by atoms with E-state index in [2.05, 4.69) is 13.5 Å². The van der Waals surface area contributed by atoms with Crippen LogP contribution in [0.2, 0.25) is 0 Å². The third-order valence-electron chi connectivity index (χ3n) is 3.91. The third kappa shape index (κ3) is 4.17. The van der Waals surface area contributed by atoms with Crippen LogP contribution in [-0.2, 0) is 9.84 Å². The maximum Gasteiger partial charge on any atom is 0.186 e. The van der Waals surface area contributed by atoms with Gasteiger partial charge in [-0.1, -0.05) is 56.9 Å². The van der Waals surface area contributed by atoms with Crippen molar-refractivity contribution in [2.45, 2.75) is 55.1 Å². The molecule has 118 valence electrons. The summed E-state index contributed by atoms with van der Waals surface area (Å²) in [5.41, 5.74) is 0. The van der Waals surface area contributed by atoms with Crippen molar-refractivity contribution < 1.29 is 13.5 Å². The zero-order valence-electron chi connectivity index (χ0n) is 12.8. The molecular formula is C17H26O3S. The summed E-state index contributed by atoms with van der Waals surface area (Å²) in [5, 5.41) is 9.83. The van der Waals surface area contributed by atoms with Crippen molar-refractivity contribution in [3.63, 3.8) is 0 Å². The highest BCUT2D eigenvalue weighted by Crippen LogP contribution is 2.34. The van der Waals surface area contributed by atoms with Crippen LogP contribution in [0.3, 0.4) is 0 Å². The number of unbranched alkanes of at least 4 members (excludes halogenated alkanes) is 3. The number of benzene rings is 1. The van der Waals surface area contributed by atoms with E-state index in [0.717, 1.165) is 25.7 Å². The van der Waals surface area contributed by atoms with Crippen molar-refractivity contribution in [2.24, 2.45) is 0 Å². The molecule has 1 aromatic carbocycles. The summed E-state index contributed by atoms with van der Waals surface area (Å²) in [4.78, 5) is 0.274. The van der Waals surface area contributed by atoms with Crippen LogP contribution < -0.4 is 0 Å². The van der Waals surface area contributed by atoms with E-state index in [4.69, 9.17) is 0 Å². The topological polar surface area (TPSA) is 54.4 Å². The summed E-state index contributed by atoms with van der Waals surface area (Å²) in [7, 11) is -3.58. The molecule has 1 N–H and O–H groups in total. The maximum atomic E-state index is 12.9. The highest BCUT2D eigenvalue weighted by atomic mass is 32.2. The van der Waals surface area contributed by atoms with E-state index in [-0.39, 0.29) is 17.9 Å². The van der Waals surface area contributed by atoms with Crippen LogP contribution in [0.1, 0.15) is 45.4 Å². The quantitative estimate of drug-likeness (QED) is 0.529. The minimum atomic E-state index is -3.58. The van der Waals surface area contributed by atoms with Crippen LogP contribution >= 0.6 is 0 Å². The normalized spacial score (nSPS) is 14.6. The van der Waals surface area contributed by atoms with Gasteiger partial charge in [-0.05, 0) is 25.0 Å². The largest absolute Gasteiger partial charge is 0.395 e. The molecule has 0 amide bonds. The first kappa shape index (κ1) is 17.9. The van der Waals surface area contributed by atoms with Crippen molar-refractivity contribution >= 4 is 9.84 Å². The van der Waals surface area contributed by atoms with E-state index in [1.54, 1.807) is 36.4 Å². The van der Waals surface area contributed by atoms with Gasteiger partial charge in [0.25, 0.3) is 0 Å². The average Bonchev–Trinajstić information content (AvgIpc) is 2.51. The van der Waals surface area contributed by atoms with Gasteiger partial charge >= 0.3 is 0 Å². The molecule has 1 aromatic rings. The smallest absolute Gasteiger partial charge is 0.186 e. The predicted octanol–water partition coefficient (Wildman–Crippen LogP) is 3.74. The molecule has 0 saturated heterocycles. The Hall–Kier alpha value is -1.13. The molecule has 0 aromatic heterocycles. The Morgan fingerprint density at radius 2 is 1.86 bits per heavy atom. The highest BCUT2D eigenvalue weighted by molar-refractivity contribution is 7.92. The second-order valence-electron chi connectivity index (χ2n) is 5.46. The lowest BCUT2D eigenvalue weighted by Crippen LogP contribution is -2.42. The number of sulfone groups is 1. The molecular weight excluding hydrogens is 284 g/mol. The molecule has 0 heterocycles. The fourth-order valence-electron chi connectivity index (χ4n) is 2.56. The number of hydrogen-bond acceptors (Lipinski definition) is 3. The number of hydrogen-bond donors (Lipinski definition) is 1. The summed E-state index contributed by atoms with van der Waals surface area (Å²) in [6.07, 6.45) is 6.30. The molecule has 21 heavy (non-hydrogen) atoms. The van der Waals surface area contributed by atoms with Gasteiger partial charge in [0, 0.05) is 0 Å². The molecule has 1 unspecified atom stereocenters. The van der Waals surface area contributed by atoms with Crippen LogP contribution in [0.5, 0.6) is 0 Å². The van der Waals surface area contributed by atoms with Crippen LogP contribution in [0.4, 0.5) is 0 Å². The molecule has 1 atom stereocenters. The molecule has 1 rings (SSSR count). The van der Waals surface area contributed by atoms with Crippen LogP contribution in [0.25, 0.3) is 0 Å². The molecule has 0 bridgehead atoms. The van der Waals surface area contributed by atoms with Crippen molar-refractivity contribution in [1.82, 2.24) is 0 Å². The molecule has 0 fully saturated rings. The fourth-order valence-corrected chi connectivity index (χ4v) is 4.50. The van der Waals surface area contributed by atoms with Crippen molar-refractivity contribution in [2.75, 3.05) is 6.61 Å². The lowest BCUT2D eigenvalue weighted by molar-refractivity contribution is 0.230. The zero-order chi connectivity index (χ0) is 15.8. The second kappa shape index (κ2) is 8.35. The number of rotatable bonds is 10. The molecule has 3 nitrogen and oxygen atoms in total. The summed E-state index contributed by atoms with van der Waals surface area (Å²) >= 11 is 0. The first-order valence-corrected chi connectivity index (χ1v) is 9.04. The van der Waals surface area contributed by atoms with E-state index < -0.39 is 14.6 Å². The maximum absolute atomic E-state index is 12.9. The van der Waals surface area contributed by atoms with Crippen LogP contribution in [0.15, 0.2) is 47.9 Å². The minimum absolute atomic E-state index is 0.271. The first-order chi connectivity index (χ1) is 10.0. The third-order valence-corrected chi connectivity index (χ3v) is 6.45. The molecule has 0 radical (unpaired) electrons. The van der Waals surface area contributed by atoms with Crippen LogP contribution in [-0.4, -0.2) is 24.9 Å². The van der Waals surface area contributed by atoms with Crippen molar-refractivity contribution in [3.05, 3.63) is 43.0 Å². The lowest BCUT2D eigenvalue weighted by Gasteiger charge is -2.30. The van der Waals surface area contributed by atoms with E-state index >= 15 is 0 Å². The molecule has 0 aliphatic rings. The Morgan fingerprint density at radius 1 is 1.19 bits per heavy atom. The van der Waals surface area contributed by atoms with Crippen LogP contribution in [0, 0.1) is 0 Å². The van der Waals surface area contributed by atoms with Gasteiger partial charge in [-0.15, -0.1) is 6.58 Å². The molecule has 0 spiro atoms. The number of aliphatic hydroxyl groups excluding tert-OH is 1. The van der Waals surface area contributed by atoms with Gasteiger partial charge in [-0.3, -0.25) is 0 Å². The number of aliphatic hydroxyl groups is 1. The number of allylic oxidation sites excluding steroid dienone is 1. The Labute approximate surface area is 128 Å². The Balaban J connectivity index is 3.08. The highest BCUT2D eigenvalue weighted by Gasteiger charge is 2.42. The fraction of sp³-hybridized carbons (Fsp3) is 0.529. The summed E-state index contributed by atoms with van der Waals surface area (Å²) in [6.45, 7) is 5.41. The molecule has 0 aliphatic carbocycles. The summed E-state index contributed by atoms with van der Waals surface area (Å²) in [6, 6.07) is 8.39. The Kier molecular flexibility index (Phi) is 7.12. The summed E-state index contributed by atoms with van der Waals surface area (Å²) < 4.78 is 24.7. The predicted molar refractivity (Wildman–Crippen MR) is 87.0 cm³/mol. The van der Waals surface area contributed by atoms with Gasteiger partial charge < -0.3 is 5.11 Å². The summed E-state index contributed by atoms with van der Waals surface area (Å²) in [5.74, 6) is 0. The van der Waals surface area contributed by atoms with E-state index in [9.17, 15) is 13.5 Å². The SMILES string of the molecule is C=CCC(CO)(CCCCCC)S(=O)(=O)c1ccccc1. The molecule has 0 aliphatic heterocycles. The first-order valence-electron chi connectivity index (χ1n) is 7.55. The zero-order valence-corrected chi connectivity index (χ0v) is 13.6. The molecule has 0 saturated carbocycles. The van der Waals surface area contributed by atoms with Gasteiger partial charge in [0.1, 0.15) is 4.75 Å². The van der Waals surface area contributed by atoms with Gasteiger partial charge in [0.05, 0.1) is 11.5 Å². The average molecular weight is 310 g/mol. The van der Waals surface area contributed by atoms with E-state index in [0.29, 0.717) is 6.42 Å². The molecule has 4 heteroatoms. The minimum Gasteiger partial charge on any atom is -0.395 e. The van der Waals surface area contributed by atoms with E-state index in [1.165, 1.54) is 0 Å². The van der Waals surface area contributed by atoms with Crippen molar-refractivity contribution in [3.8, 4) is 0 Å². The lowest BCUT2D eigenvalue weighted by atomic mass is 9.97. The van der Waals surface area contributed by atoms with Gasteiger partial charge in [0.2, 0.25) is 0 Å². The Morgan fingerprint density at radius 3 is 2.38 bits per heavy atom. The Bertz CT molecular complexity index is 522. The monoisotopic (exact) mass is 310 g/mol. The van der Waals surface area contributed by atoms with E-state index in [1.807, 2.05) is 0 Å². The second-order valence-corrected chi connectivity index (χ2v) is 7.81. The van der Waals surface area contributed by atoms with Gasteiger partial charge in [-0.25, -0.2) is 8.42 Å². The van der Waals surface area contributed by atoms with Gasteiger partial charge in [0.15, 0.2) is 9.84 Å².